The molecule has 37 heavy (non-hydrogen) atoms. The van der Waals surface area contributed by atoms with Crippen molar-refractivity contribution in [2.24, 2.45) is 0 Å². The van der Waals surface area contributed by atoms with Crippen molar-refractivity contribution >= 4 is 29.4 Å². The Hall–Kier alpha value is -4.44. The molecule has 4 heterocycles. The van der Waals surface area contributed by atoms with Crippen molar-refractivity contribution in [1.29, 1.82) is 0 Å². The Bertz CT molecular complexity index is 1190. The summed E-state index contributed by atoms with van der Waals surface area (Å²) < 4.78 is 18.4. The lowest BCUT2D eigenvalue weighted by Gasteiger charge is -2.27. The van der Waals surface area contributed by atoms with Gasteiger partial charge >= 0.3 is 0 Å². The van der Waals surface area contributed by atoms with E-state index in [1.54, 1.807) is 42.6 Å². The molecule has 0 bridgehead atoms. The van der Waals surface area contributed by atoms with Crippen LogP contribution in [0.4, 0.5) is 4.39 Å². The van der Waals surface area contributed by atoms with Crippen LogP contribution in [0.25, 0.3) is 22.5 Å². The number of rotatable bonds is 6. The van der Waals surface area contributed by atoms with Gasteiger partial charge in [-0.25, -0.2) is 14.4 Å². The lowest BCUT2D eigenvalue weighted by Crippen LogP contribution is -2.46. The second kappa shape index (κ2) is 17.9. The van der Waals surface area contributed by atoms with Gasteiger partial charge in [0.25, 0.3) is 5.91 Å². The number of fused-ring (bicyclic) bond motifs is 1. The molecule has 0 unspecified atom stereocenters. The van der Waals surface area contributed by atoms with E-state index in [2.05, 4.69) is 33.4 Å². The number of carbonyl (C=O) groups excluding carboxylic acids is 3. The fourth-order valence-corrected chi connectivity index (χ4v) is 3.07. The van der Waals surface area contributed by atoms with Crippen LogP contribution in [0.2, 0.25) is 0 Å². The highest BCUT2D eigenvalue weighted by Crippen LogP contribution is 2.25. The summed E-state index contributed by atoms with van der Waals surface area (Å²) in [5, 5.41) is 3.70. The first-order valence-corrected chi connectivity index (χ1v) is 11.6. The van der Waals surface area contributed by atoms with Crippen LogP contribution < -0.4 is 5.32 Å². The molecular formula is C27H32FN5O4. The molecule has 0 aromatic carbocycles. The van der Waals surface area contributed by atoms with Gasteiger partial charge in [-0.2, -0.15) is 0 Å². The highest BCUT2D eigenvalue weighted by atomic mass is 19.1. The molecule has 0 aliphatic carbocycles. The zero-order valence-corrected chi connectivity index (χ0v) is 21.0. The summed E-state index contributed by atoms with van der Waals surface area (Å²) in [6.45, 7) is 14.4. The van der Waals surface area contributed by atoms with Gasteiger partial charge in [-0.15, -0.1) is 0 Å². The maximum absolute atomic E-state index is 13.3. The van der Waals surface area contributed by atoms with E-state index in [1.807, 2.05) is 18.7 Å². The number of H-pyrrole nitrogens is 1. The second-order valence-electron chi connectivity index (χ2n) is 6.83. The van der Waals surface area contributed by atoms with E-state index in [9.17, 15) is 9.18 Å². The summed E-state index contributed by atoms with van der Waals surface area (Å²) in [6.07, 6.45) is 14.7. The smallest absolute Gasteiger partial charge is 0.253 e. The zero-order valence-electron chi connectivity index (χ0n) is 21.0. The highest BCUT2D eigenvalue weighted by Gasteiger charge is 2.17. The molecule has 3 aromatic heterocycles. The number of nitrogens with one attached hydrogen (secondary N) is 2. The van der Waals surface area contributed by atoms with E-state index in [0.29, 0.717) is 28.1 Å². The molecule has 0 atom stereocenters. The number of aromatic nitrogens is 3. The number of pyridine rings is 1. The molecule has 10 heteroatoms. The number of hydrogen-bond acceptors (Lipinski definition) is 7. The molecular weight excluding hydrogens is 477 g/mol. The molecule has 1 aliphatic heterocycles. The van der Waals surface area contributed by atoms with Gasteiger partial charge in [-0.3, -0.25) is 14.4 Å². The minimum Gasteiger partial charge on any atom is -0.443 e. The molecule has 2 N–H and O–H groups in total. The van der Waals surface area contributed by atoms with Crippen molar-refractivity contribution in [3.05, 3.63) is 85.8 Å². The molecule has 1 saturated heterocycles. The normalized spacial score (nSPS) is 12.7. The SMILES string of the molecule is C=C/C=C\C(=C/C=C)C(=O)N1CCNCC1.CC.Fc1cnc(-c2ncco2)c2[nH]ccc12.O=CC=O. The Morgan fingerprint density at radius 1 is 1.14 bits per heavy atom. The number of amides is 1. The zero-order chi connectivity index (χ0) is 27.5. The minimum absolute atomic E-state index is 0.0551. The number of oxazole rings is 1. The van der Waals surface area contributed by atoms with Crippen molar-refractivity contribution in [2.45, 2.75) is 13.8 Å². The Labute approximate surface area is 215 Å². The van der Waals surface area contributed by atoms with Crippen LogP contribution in [0.3, 0.4) is 0 Å². The third-order valence-corrected chi connectivity index (χ3v) is 4.60. The average Bonchev–Trinajstić information content (AvgIpc) is 3.67. The van der Waals surface area contributed by atoms with Crippen LogP contribution in [-0.2, 0) is 14.4 Å². The Morgan fingerprint density at radius 3 is 2.41 bits per heavy atom. The summed E-state index contributed by atoms with van der Waals surface area (Å²) in [5.74, 6) is 0.0727. The van der Waals surface area contributed by atoms with Crippen molar-refractivity contribution in [1.82, 2.24) is 25.2 Å². The number of hydrogen-bond donors (Lipinski definition) is 2. The summed E-state index contributed by atoms with van der Waals surface area (Å²) in [4.78, 5) is 42.4. The Balaban J connectivity index is 0.000000306. The standard InChI is InChI=1S/C13H18N2O.C10H6FN3O.C2H2O2.C2H6/c1-3-5-7-12(6-4-2)13(16)15-10-8-14-9-11-15;11-7-5-14-9(10-13-3-4-15-10)8-6(7)1-2-12-8;3-1-2-4;1-2/h3-7,14H,1-2,8-11H2;1-5,12H;1-2H;1-2H3/b7-5-,12-6+;;;. The van der Waals surface area contributed by atoms with E-state index in [1.165, 1.54) is 12.5 Å². The predicted octanol–water partition coefficient (Wildman–Crippen LogP) is 4.04. The third-order valence-electron chi connectivity index (χ3n) is 4.60. The lowest BCUT2D eigenvalue weighted by atomic mass is 10.1. The van der Waals surface area contributed by atoms with E-state index in [4.69, 9.17) is 14.0 Å². The van der Waals surface area contributed by atoms with Crippen LogP contribution in [-0.4, -0.2) is 64.5 Å². The molecule has 3 aromatic rings. The van der Waals surface area contributed by atoms with Crippen molar-refractivity contribution < 1.29 is 23.2 Å². The predicted molar refractivity (Wildman–Crippen MR) is 142 cm³/mol. The van der Waals surface area contributed by atoms with Gasteiger partial charge in [-0.05, 0) is 12.1 Å². The monoisotopic (exact) mass is 509 g/mol. The fourth-order valence-electron chi connectivity index (χ4n) is 3.07. The van der Waals surface area contributed by atoms with E-state index in [0.717, 1.165) is 32.4 Å². The van der Waals surface area contributed by atoms with Crippen molar-refractivity contribution in [3.8, 4) is 11.6 Å². The molecule has 196 valence electrons. The summed E-state index contributed by atoms with van der Waals surface area (Å²) in [7, 11) is 0. The molecule has 0 radical (unpaired) electrons. The van der Waals surface area contributed by atoms with E-state index >= 15 is 0 Å². The van der Waals surface area contributed by atoms with Crippen LogP contribution in [0.15, 0.2) is 84.4 Å². The number of carbonyl (C=O) groups is 3. The van der Waals surface area contributed by atoms with Crippen LogP contribution in [0.5, 0.6) is 0 Å². The topological polar surface area (TPSA) is 121 Å². The summed E-state index contributed by atoms with van der Waals surface area (Å²) >= 11 is 0. The van der Waals surface area contributed by atoms with Gasteiger partial charge in [0.1, 0.15) is 12.0 Å². The van der Waals surface area contributed by atoms with Gasteiger partial charge in [0.15, 0.2) is 18.4 Å². The van der Waals surface area contributed by atoms with Gasteiger partial charge in [0.05, 0.1) is 17.9 Å². The van der Waals surface area contributed by atoms with E-state index < -0.39 is 0 Å². The van der Waals surface area contributed by atoms with E-state index in [-0.39, 0.29) is 24.3 Å². The minimum atomic E-state index is -0.360. The quantitative estimate of drug-likeness (QED) is 0.223. The molecule has 9 nitrogen and oxygen atoms in total. The molecule has 0 saturated carbocycles. The first-order chi connectivity index (χ1) is 18.1. The number of allylic oxidation sites excluding steroid dienone is 4. The third kappa shape index (κ3) is 9.61. The number of aromatic amines is 1. The maximum Gasteiger partial charge on any atom is 0.253 e. The Morgan fingerprint density at radius 2 is 1.84 bits per heavy atom. The first kappa shape index (κ1) is 30.6. The Kier molecular flexibility index (Phi) is 14.8. The maximum atomic E-state index is 13.3. The highest BCUT2D eigenvalue weighted by molar-refractivity contribution is 6.09. The van der Waals surface area contributed by atoms with Crippen molar-refractivity contribution in [2.75, 3.05) is 26.2 Å². The molecule has 1 fully saturated rings. The van der Waals surface area contributed by atoms with Gasteiger partial charge in [0, 0.05) is 43.3 Å². The molecule has 4 rings (SSSR count). The number of nitrogens with zero attached hydrogens (tertiary/aromatic N) is 3. The van der Waals surface area contributed by atoms with Crippen molar-refractivity contribution in [3.63, 3.8) is 0 Å². The number of piperazine rings is 1. The lowest BCUT2D eigenvalue weighted by molar-refractivity contribution is -0.127. The molecule has 1 amide bonds. The molecule has 0 spiro atoms. The summed E-state index contributed by atoms with van der Waals surface area (Å²) in [6, 6.07) is 1.65. The number of halogens is 1. The first-order valence-electron chi connectivity index (χ1n) is 11.6. The molecule has 1 aliphatic rings. The van der Waals surface area contributed by atoms with Crippen LogP contribution >= 0.6 is 0 Å². The summed E-state index contributed by atoms with van der Waals surface area (Å²) in [5.41, 5.74) is 1.76. The van der Waals surface area contributed by atoms with Gasteiger partial charge in [-0.1, -0.05) is 51.3 Å². The van der Waals surface area contributed by atoms with Crippen LogP contribution in [0.1, 0.15) is 13.8 Å². The van der Waals surface area contributed by atoms with Crippen LogP contribution in [0, 0.1) is 5.82 Å². The average molecular weight is 510 g/mol. The second-order valence-corrected chi connectivity index (χ2v) is 6.83. The van der Waals surface area contributed by atoms with Gasteiger partial charge in [0.2, 0.25) is 5.89 Å². The fraction of sp³-hybridized carbons (Fsp3) is 0.222. The van der Waals surface area contributed by atoms with Gasteiger partial charge < -0.3 is 19.6 Å². The largest absolute Gasteiger partial charge is 0.443 e. The number of aldehydes is 2.